The molecule has 0 amide bonds. The highest BCUT2D eigenvalue weighted by Gasteiger charge is 2.24. The Balaban J connectivity index is 1.53. The van der Waals surface area contributed by atoms with E-state index in [4.69, 9.17) is 5.26 Å². The van der Waals surface area contributed by atoms with E-state index >= 15 is 0 Å². The minimum atomic E-state index is 0.631. The molecule has 4 nitrogen and oxygen atoms in total. The molecule has 1 saturated heterocycles. The molecular formula is C16H20N4S. The van der Waals surface area contributed by atoms with Crippen molar-refractivity contribution >= 4 is 16.9 Å². The van der Waals surface area contributed by atoms with E-state index in [1.165, 1.54) is 10.7 Å². The summed E-state index contributed by atoms with van der Waals surface area (Å²) in [6.07, 6.45) is 0. The molecule has 110 valence electrons. The quantitative estimate of drug-likeness (QED) is 0.839. The predicted octanol–water partition coefficient (Wildman–Crippen LogP) is 2.17. The minimum Gasteiger partial charge on any atom is -0.349 e. The molecule has 0 aromatic heterocycles. The summed E-state index contributed by atoms with van der Waals surface area (Å²) in [6, 6.07) is 10.1. The van der Waals surface area contributed by atoms with Crippen molar-refractivity contribution in [3.05, 3.63) is 35.4 Å². The topological polar surface area (TPSA) is 42.6 Å². The fraction of sp³-hybridized carbons (Fsp3) is 0.500. The molecule has 0 bridgehead atoms. The molecule has 3 rings (SSSR count). The second-order valence-electron chi connectivity index (χ2n) is 5.63. The Morgan fingerprint density at radius 1 is 1.33 bits per heavy atom. The van der Waals surface area contributed by atoms with Gasteiger partial charge in [-0.05, 0) is 17.7 Å². The first-order chi connectivity index (χ1) is 10.2. The Kier molecular flexibility index (Phi) is 4.47. The van der Waals surface area contributed by atoms with Gasteiger partial charge >= 0.3 is 0 Å². The Morgan fingerprint density at radius 2 is 2.14 bits per heavy atom. The highest BCUT2D eigenvalue weighted by Crippen LogP contribution is 2.23. The van der Waals surface area contributed by atoms with E-state index in [9.17, 15) is 0 Å². The van der Waals surface area contributed by atoms with Crippen molar-refractivity contribution < 1.29 is 0 Å². The van der Waals surface area contributed by atoms with Crippen molar-refractivity contribution in [2.45, 2.75) is 18.7 Å². The first kappa shape index (κ1) is 14.4. The summed E-state index contributed by atoms with van der Waals surface area (Å²) in [5.41, 5.74) is 1.97. The lowest BCUT2D eigenvalue weighted by Crippen LogP contribution is -2.47. The van der Waals surface area contributed by atoms with Gasteiger partial charge in [0, 0.05) is 38.0 Å². The third-order valence-corrected chi connectivity index (χ3v) is 5.04. The fourth-order valence-electron chi connectivity index (χ4n) is 2.73. The molecule has 1 atom stereocenters. The van der Waals surface area contributed by atoms with Gasteiger partial charge in [-0.15, -0.1) is 0 Å². The maximum atomic E-state index is 8.96. The molecule has 1 aromatic carbocycles. The Bertz CT molecular complexity index is 570. The zero-order valence-electron chi connectivity index (χ0n) is 12.3. The van der Waals surface area contributed by atoms with Crippen LogP contribution in [0.2, 0.25) is 0 Å². The van der Waals surface area contributed by atoms with Crippen molar-refractivity contribution in [3.8, 4) is 6.07 Å². The summed E-state index contributed by atoms with van der Waals surface area (Å²) < 4.78 is 0. The molecule has 0 radical (unpaired) electrons. The van der Waals surface area contributed by atoms with Crippen LogP contribution in [0.25, 0.3) is 0 Å². The molecular weight excluding hydrogens is 280 g/mol. The Labute approximate surface area is 130 Å². The lowest BCUT2D eigenvalue weighted by molar-refractivity contribution is 0.177. The zero-order chi connectivity index (χ0) is 14.7. The van der Waals surface area contributed by atoms with Crippen LogP contribution in [0.5, 0.6) is 0 Å². The van der Waals surface area contributed by atoms with Gasteiger partial charge in [0.2, 0.25) is 0 Å². The number of hydrogen-bond donors (Lipinski definition) is 0. The van der Waals surface area contributed by atoms with E-state index < -0.39 is 0 Å². The molecule has 0 saturated carbocycles. The SMILES string of the molecule is C[C@H]1CN=C(N2CCN(Cc3cccc(C#N)c3)CC2)S1. The van der Waals surface area contributed by atoms with E-state index in [1.54, 1.807) is 0 Å². The summed E-state index contributed by atoms with van der Waals surface area (Å²) in [5, 5.41) is 10.8. The smallest absolute Gasteiger partial charge is 0.159 e. The van der Waals surface area contributed by atoms with E-state index in [0.29, 0.717) is 5.25 Å². The largest absolute Gasteiger partial charge is 0.349 e. The van der Waals surface area contributed by atoms with Gasteiger partial charge in [0.05, 0.1) is 18.2 Å². The van der Waals surface area contributed by atoms with Crippen LogP contribution in [-0.2, 0) is 6.54 Å². The van der Waals surface area contributed by atoms with E-state index in [2.05, 4.69) is 33.9 Å². The van der Waals surface area contributed by atoms with Gasteiger partial charge in [0.25, 0.3) is 0 Å². The first-order valence-electron chi connectivity index (χ1n) is 7.42. The fourth-order valence-corrected chi connectivity index (χ4v) is 3.72. The first-order valence-corrected chi connectivity index (χ1v) is 8.30. The van der Waals surface area contributed by atoms with Crippen LogP contribution in [0.1, 0.15) is 18.1 Å². The van der Waals surface area contributed by atoms with Crippen LogP contribution in [0.15, 0.2) is 29.3 Å². The highest BCUT2D eigenvalue weighted by atomic mass is 32.2. The van der Waals surface area contributed by atoms with Crippen LogP contribution in [-0.4, -0.2) is 52.9 Å². The second kappa shape index (κ2) is 6.50. The predicted molar refractivity (Wildman–Crippen MR) is 87.4 cm³/mol. The summed E-state index contributed by atoms with van der Waals surface area (Å²) in [7, 11) is 0. The molecule has 21 heavy (non-hydrogen) atoms. The van der Waals surface area contributed by atoms with Crippen molar-refractivity contribution in [2.24, 2.45) is 4.99 Å². The third kappa shape index (κ3) is 3.58. The minimum absolute atomic E-state index is 0.631. The van der Waals surface area contributed by atoms with Gasteiger partial charge in [-0.25, -0.2) is 0 Å². The van der Waals surface area contributed by atoms with Crippen LogP contribution in [0.4, 0.5) is 0 Å². The van der Waals surface area contributed by atoms with Crippen molar-refractivity contribution in [3.63, 3.8) is 0 Å². The van der Waals surface area contributed by atoms with Crippen molar-refractivity contribution in [2.75, 3.05) is 32.7 Å². The zero-order valence-corrected chi connectivity index (χ0v) is 13.1. The average Bonchev–Trinajstić information content (AvgIpc) is 2.95. The van der Waals surface area contributed by atoms with Gasteiger partial charge < -0.3 is 4.90 Å². The summed E-state index contributed by atoms with van der Waals surface area (Å²) in [6.45, 7) is 8.35. The molecule has 0 unspecified atom stereocenters. The summed E-state index contributed by atoms with van der Waals surface area (Å²) in [4.78, 5) is 9.49. The standard InChI is InChI=1S/C16H20N4S/c1-13-11-18-16(21-13)20-7-5-19(6-8-20)12-15-4-2-3-14(9-15)10-17/h2-4,9,13H,5-8,11-12H2,1H3/t13-/m0/s1. The normalized spacial score (nSPS) is 23.0. The number of piperazine rings is 1. The number of nitriles is 1. The Hall–Kier alpha value is -1.51. The number of amidine groups is 1. The van der Waals surface area contributed by atoms with Gasteiger partial charge in [-0.3, -0.25) is 9.89 Å². The molecule has 1 fully saturated rings. The lowest BCUT2D eigenvalue weighted by atomic mass is 10.1. The van der Waals surface area contributed by atoms with Crippen LogP contribution in [0, 0.1) is 11.3 Å². The van der Waals surface area contributed by atoms with Crippen molar-refractivity contribution in [1.82, 2.24) is 9.80 Å². The molecule has 2 aliphatic heterocycles. The monoisotopic (exact) mass is 300 g/mol. The molecule has 2 aliphatic rings. The number of thioether (sulfide) groups is 1. The Morgan fingerprint density at radius 3 is 2.81 bits per heavy atom. The molecule has 1 aromatic rings. The number of aliphatic imine (C=N–C) groups is 1. The van der Waals surface area contributed by atoms with Gasteiger partial charge in [-0.2, -0.15) is 5.26 Å². The number of nitrogens with zero attached hydrogens (tertiary/aromatic N) is 4. The second-order valence-corrected chi connectivity index (χ2v) is 7.03. The van der Waals surface area contributed by atoms with Gasteiger partial charge in [0.1, 0.15) is 0 Å². The highest BCUT2D eigenvalue weighted by molar-refractivity contribution is 8.14. The molecule has 2 heterocycles. The molecule has 5 heteroatoms. The number of rotatable bonds is 2. The van der Waals surface area contributed by atoms with Gasteiger partial charge in [-0.1, -0.05) is 30.8 Å². The van der Waals surface area contributed by atoms with E-state index in [0.717, 1.165) is 44.8 Å². The summed E-state index contributed by atoms with van der Waals surface area (Å²) >= 11 is 1.90. The molecule has 0 spiro atoms. The maximum Gasteiger partial charge on any atom is 0.159 e. The van der Waals surface area contributed by atoms with E-state index in [-0.39, 0.29) is 0 Å². The maximum absolute atomic E-state index is 8.96. The van der Waals surface area contributed by atoms with Crippen LogP contribution < -0.4 is 0 Å². The van der Waals surface area contributed by atoms with Gasteiger partial charge in [0.15, 0.2) is 5.17 Å². The number of hydrogen-bond acceptors (Lipinski definition) is 5. The van der Waals surface area contributed by atoms with Crippen LogP contribution >= 0.6 is 11.8 Å². The number of benzene rings is 1. The summed E-state index contributed by atoms with van der Waals surface area (Å²) in [5.74, 6) is 0. The third-order valence-electron chi connectivity index (χ3n) is 3.90. The van der Waals surface area contributed by atoms with Crippen LogP contribution in [0.3, 0.4) is 0 Å². The molecule has 0 N–H and O–H groups in total. The lowest BCUT2D eigenvalue weighted by Gasteiger charge is -2.35. The van der Waals surface area contributed by atoms with E-state index in [1.807, 2.05) is 30.0 Å². The average molecular weight is 300 g/mol. The van der Waals surface area contributed by atoms with Crippen molar-refractivity contribution in [1.29, 1.82) is 5.26 Å². The molecule has 0 aliphatic carbocycles.